The van der Waals surface area contributed by atoms with Crippen molar-refractivity contribution in [3.05, 3.63) is 57.3 Å². The predicted octanol–water partition coefficient (Wildman–Crippen LogP) is 5.02. The summed E-state index contributed by atoms with van der Waals surface area (Å²) in [5.74, 6) is 0.400. The summed E-state index contributed by atoms with van der Waals surface area (Å²) < 4.78 is 20.8. The normalized spacial score (nSPS) is 12.3. The topological polar surface area (TPSA) is 35.2 Å². The summed E-state index contributed by atoms with van der Waals surface area (Å²) in [6.07, 6.45) is 0. The zero-order chi connectivity index (χ0) is 14.9. The molecule has 0 spiro atoms. The van der Waals surface area contributed by atoms with Crippen molar-refractivity contribution in [1.82, 2.24) is 0 Å². The lowest BCUT2D eigenvalue weighted by Crippen LogP contribution is -2.07. The first-order valence-electron chi connectivity index (χ1n) is 6.38. The first-order chi connectivity index (χ1) is 9.40. The minimum atomic E-state index is -0.405. The van der Waals surface area contributed by atoms with Gasteiger partial charge in [0.25, 0.3) is 0 Å². The number of hydrogen-bond acceptors (Lipinski definition) is 2. The van der Waals surface area contributed by atoms with Crippen LogP contribution in [-0.2, 0) is 0 Å². The quantitative estimate of drug-likeness (QED) is 0.853. The van der Waals surface area contributed by atoms with Gasteiger partial charge in [-0.05, 0) is 50.1 Å². The Bertz CT molecular complexity index is 617. The zero-order valence-corrected chi connectivity index (χ0v) is 13.3. The van der Waals surface area contributed by atoms with E-state index in [0.29, 0.717) is 11.3 Å². The molecule has 0 saturated heterocycles. The summed E-state index contributed by atoms with van der Waals surface area (Å²) in [6.45, 7) is 5.75. The van der Waals surface area contributed by atoms with Gasteiger partial charge in [0.15, 0.2) is 11.6 Å². The smallest absolute Gasteiger partial charge is 0.167 e. The molecule has 2 rings (SSSR count). The van der Waals surface area contributed by atoms with Gasteiger partial charge in [-0.1, -0.05) is 28.1 Å². The summed E-state index contributed by atoms with van der Waals surface area (Å²) in [6, 6.07) is 8.24. The molecule has 0 aliphatic carbocycles. The Morgan fingerprint density at radius 3 is 2.35 bits per heavy atom. The highest BCUT2D eigenvalue weighted by Gasteiger charge is 2.14. The Labute approximate surface area is 126 Å². The Morgan fingerprint density at radius 2 is 1.80 bits per heavy atom. The van der Waals surface area contributed by atoms with Gasteiger partial charge in [-0.25, -0.2) is 4.39 Å². The second-order valence-corrected chi connectivity index (χ2v) is 5.71. The van der Waals surface area contributed by atoms with Gasteiger partial charge in [0, 0.05) is 16.1 Å². The van der Waals surface area contributed by atoms with Crippen LogP contribution in [0.5, 0.6) is 11.5 Å². The largest absolute Gasteiger partial charge is 0.454 e. The van der Waals surface area contributed by atoms with Crippen LogP contribution in [0.2, 0.25) is 0 Å². The van der Waals surface area contributed by atoms with E-state index >= 15 is 0 Å². The van der Waals surface area contributed by atoms with Gasteiger partial charge in [0.2, 0.25) is 0 Å². The predicted molar refractivity (Wildman–Crippen MR) is 82.7 cm³/mol. The highest BCUT2D eigenvalue weighted by Crippen LogP contribution is 2.34. The lowest BCUT2D eigenvalue weighted by molar-refractivity contribution is 0.432. The molecule has 20 heavy (non-hydrogen) atoms. The summed E-state index contributed by atoms with van der Waals surface area (Å²) in [5.41, 5.74) is 8.60. The van der Waals surface area contributed by atoms with Gasteiger partial charge in [-0.15, -0.1) is 0 Å². The fourth-order valence-electron chi connectivity index (χ4n) is 2.07. The summed E-state index contributed by atoms with van der Waals surface area (Å²) in [4.78, 5) is 0. The number of ether oxygens (including phenoxy) is 1. The van der Waals surface area contributed by atoms with Crippen molar-refractivity contribution in [2.75, 3.05) is 0 Å². The van der Waals surface area contributed by atoms with E-state index in [9.17, 15) is 4.39 Å². The van der Waals surface area contributed by atoms with Gasteiger partial charge in [-0.2, -0.15) is 0 Å². The van der Waals surface area contributed by atoms with Crippen molar-refractivity contribution >= 4 is 15.9 Å². The number of rotatable bonds is 3. The Kier molecular flexibility index (Phi) is 4.45. The maximum Gasteiger partial charge on any atom is 0.167 e. The fraction of sp³-hybridized carbons (Fsp3) is 0.250. The average Bonchev–Trinajstić information content (AvgIpc) is 2.38. The third-order valence-corrected chi connectivity index (χ3v) is 4.37. The lowest BCUT2D eigenvalue weighted by Gasteiger charge is -2.15. The van der Waals surface area contributed by atoms with Crippen LogP contribution in [0, 0.1) is 19.7 Å². The molecule has 0 aliphatic rings. The van der Waals surface area contributed by atoms with Gasteiger partial charge in [0.05, 0.1) is 0 Å². The molecule has 0 saturated carbocycles. The van der Waals surface area contributed by atoms with Gasteiger partial charge < -0.3 is 10.5 Å². The summed E-state index contributed by atoms with van der Waals surface area (Å²) >= 11 is 3.50. The van der Waals surface area contributed by atoms with Crippen molar-refractivity contribution in [3.63, 3.8) is 0 Å². The van der Waals surface area contributed by atoms with Crippen LogP contribution < -0.4 is 10.5 Å². The minimum Gasteiger partial charge on any atom is -0.454 e. The van der Waals surface area contributed by atoms with Crippen molar-refractivity contribution in [3.8, 4) is 11.5 Å². The second-order valence-electron chi connectivity index (χ2n) is 4.92. The van der Waals surface area contributed by atoms with Crippen molar-refractivity contribution in [2.24, 2.45) is 5.73 Å². The molecule has 4 heteroatoms. The Morgan fingerprint density at radius 1 is 1.20 bits per heavy atom. The van der Waals surface area contributed by atoms with Crippen LogP contribution in [0.15, 0.2) is 34.8 Å². The van der Waals surface area contributed by atoms with E-state index in [1.165, 1.54) is 6.07 Å². The third-order valence-electron chi connectivity index (χ3n) is 3.12. The molecule has 2 aromatic carbocycles. The van der Waals surface area contributed by atoms with Crippen LogP contribution in [0.25, 0.3) is 0 Å². The van der Waals surface area contributed by atoms with Crippen molar-refractivity contribution < 1.29 is 9.13 Å². The first-order valence-corrected chi connectivity index (χ1v) is 7.18. The molecule has 1 atom stereocenters. The van der Waals surface area contributed by atoms with Gasteiger partial charge in [0.1, 0.15) is 5.75 Å². The van der Waals surface area contributed by atoms with Crippen molar-refractivity contribution in [1.29, 1.82) is 0 Å². The van der Waals surface area contributed by atoms with E-state index in [4.69, 9.17) is 10.5 Å². The molecular formula is C16H17BrFNO. The second kappa shape index (κ2) is 5.94. The Hall–Kier alpha value is -1.39. The molecule has 0 aliphatic heterocycles. The molecule has 0 amide bonds. The molecule has 0 aromatic heterocycles. The van der Waals surface area contributed by atoms with Crippen molar-refractivity contribution in [2.45, 2.75) is 26.8 Å². The number of hydrogen-bond donors (Lipinski definition) is 1. The van der Waals surface area contributed by atoms with Crippen LogP contribution >= 0.6 is 15.9 Å². The molecule has 0 bridgehead atoms. The maximum atomic E-state index is 14.0. The molecule has 0 radical (unpaired) electrons. The number of nitrogens with two attached hydrogens (primary N) is 1. The van der Waals surface area contributed by atoms with E-state index in [1.807, 2.05) is 26.0 Å². The highest BCUT2D eigenvalue weighted by molar-refractivity contribution is 9.10. The molecule has 2 N–H and O–H groups in total. The SMILES string of the molecule is Cc1cc(Oc2c(F)cccc2[C@H](C)N)cc(C)c1Br. The maximum absolute atomic E-state index is 14.0. The van der Waals surface area contributed by atoms with Crippen LogP contribution in [-0.4, -0.2) is 0 Å². The molecule has 106 valence electrons. The van der Waals surface area contributed by atoms with Crippen LogP contribution in [0.1, 0.15) is 29.7 Å². The molecule has 0 heterocycles. The lowest BCUT2D eigenvalue weighted by atomic mass is 10.1. The van der Waals surface area contributed by atoms with Gasteiger partial charge in [-0.3, -0.25) is 0 Å². The number of aryl methyl sites for hydroxylation is 2. The average molecular weight is 338 g/mol. The molecule has 0 unspecified atom stereocenters. The van der Waals surface area contributed by atoms with E-state index in [0.717, 1.165) is 15.6 Å². The van der Waals surface area contributed by atoms with E-state index in [1.54, 1.807) is 19.1 Å². The standard InChI is InChI=1S/C16H17BrFNO/c1-9-7-12(8-10(2)15(9)17)20-16-13(11(3)19)5-4-6-14(16)18/h4-8,11H,19H2,1-3H3/t11-/m0/s1. The van der Waals surface area contributed by atoms with E-state index < -0.39 is 5.82 Å². The van der Waals surface area contributed by atoms with Gasteiger partial charge >= 0.3 is 0 Å². The molecular weight excluding hydrogens is 321 g/mol. The number of para-hydroxylation sites is 1. The third kappa shape index (κ3) is 3.02. The monoisotopic (exact) mass is 337 g/mol. The zero-order valence-electron chi connectivity index (χ0n) is 11.7. The number of benzene rings is 2. The molecule has 0 fully saturated rings. The summed E-state index contributed by atoms with van der Waals surface area (Å²) in [7, 11) is 0. The molecule has 2 nitrogen and oxygen atoms in total. The summed E-state index contributed by atoms with van der Waals surface area (Å²) in [5, 5.41) is 0. The highest BCUT2D eigenvalue weighted by atomic mass is 79.9. The van der Waals surface area contributed by atoms with Crippen LogP contribution in [0.3, 0.4) is 0 Å². The van der Waals surface area contributed by atoms with E-state index in [2.05, 4.69) is 15.9 Å². The number of halogens is 2. The first kappa shape index (κ1) is 15.0. The van der Waals surface area contributed by atoms with Crippen LogP contribution in [0.4, 0.5) is 4.39 Å². The molecule has 2 aromatic rings. The fourth-order valence-corrected chi connectivity index (χ4v) is 2.30. The minimum absolute atomic E-state index is 0.198. The van der Waals surface area contributed by atoms with E-state index in [-0.39, 0.29) is 11.8 Å². The Balaban J connectivity index is 2.45.